The maximum Gasteiger partial charge on any atom is 0.131 e. The molecule has 17 heavy (non-hydrogen) atoms. The van der Waals surface area contributed by atoms with Crippen molar-refractivity contribution in [1.82, 2.24) is 15.1 Å². The average Bonchev–Trinajstić information content (AvgIpc) is 2.53. The minimum Gasteiger partial charge on any atom is -0.392 e. The number of hydrogen-bond donors (Lipinski definition) is 2. The van der Waals surface area contributed by atoms with Gasteiger partial charge in [-0.25, -0.2) is 0 Å². The Balaban J connectivity index is 1.97. The van der Waals surface area contributed by atoms with Gasteiger partial charge in [0.2, 0.25) is 0 Å². The number of rotatable bonds is 3. The zero-order chi connectivity index (χ0) is 12.4. The van der Waals surface area contributed by atoms with Gasteiger partial charge in [0.15, 0.2) is 0 Å². The topological polar surface area (TPSA) is 50.1 Å². The number of aliphatic hydroxyl groups is 1. The largest absolute Gasteiger partial charge is 0.392 e. The lowest BCUT2D eigenvalue weighted by Gasteiger charge is -2.28. The highest BCUT2D eigenvalue weighted by Gasteiger charge is 2.23. The van der Waals surface area contributed by atoms with E-state index >= 15 is 0 Å². The van der Waals surface area contributed by atoms with Gasteiger partial charge in [0.05, 0.1) is 11.8 Å². The molecule has 2 rings (SSSR count). The highest BCUT2D eigenvalue weighted by Crippen LogP contribution is 2.21. The lowest BCUT2D eigenvalue weighted by Crippen LogP contribution is -2.41. The third-order valence-electron chi connectivity index (χ3n) is 3.54. The fourth-order valence-corrected chi connectivity index (χ4v) is 2.70. The van der Waals surface area contributed by atoms with Crippen molar-refractivity contribution in [2.45, 2.75) is 51.3 Å². The summed E-state index contributed by atoms with van der Waals surface area (Å²) in [5.74, 6) is 0. The molecule has 1 aromatic rings. The molecule has 0 amide bonds. The van der Waals surface area contributed by atoms with Crippen molar-refractivity contribution in [3.63, 3.8) is 0 Å². The number of aromatic nitrogens is 2. The smallest absolute Gasteiger partial charge is 0.131 e. The normalized spacial score (nSPS) is 25.2. The van der Waals surface area contributed by atoms with Crippen molar-refractivity contribution < 1.29 is 5.11 Å². The summed E-state index contributed by atoms with van der Waals surface area (Å²) >= 11 is 6.17. The molecule has 1 aliphatic carbocycles. The fraction of sp³-hybridized carbons (Fsp3) is 0.750. The summed E-state index contributed by atoms with van der Waals surface area (Å²) in [5, 5.41) is 18.2. The maximum absolute atomic E-state index is 9.87. The van der Waals surface area contributed by atoms with Crippen LogP contribution < -0.4 is 5.32 Å². The van der Waals surface area contributed by atoms with Crippen molar-refractivity contribution in [3.05, 3.63) is 16.4 Å². The summed E-state index contributed by atoms with van der Waals surface area (Å²) in [5.41, 5.74) is 1.99. The molecule has 0 aromatic carbocycles. The van der Waals surface area contributed by atoms with Crippen LogP contribution in [0.25, 0.3) is 0 Å². The van der Waals surface area contributed by atoms with Crippen molar-refractivity contribution in [1.29, 1.82) is 0 Å². The molecule has 2 unspecified atom stereocenters. The third-order valence-corrected chi connectivity index (χ3v) is 4.01. The van der Waals surface area contributed by atoms with Gasteiger partial charge in [-0.05, 0) is 19.8 Å². The zero-order valence-corrected chi connectivity index (χ0v) is 11.2. The second-order valence-electron chi connectivity index (χ2n) is 4.82. The second-order valence-corrected chi connectivity index (χ2v) is 5.18. The van der Waals surface area contributed by atoms with Gasteiger partial charge in [-0.2, -0.15) is 5.10 Å². The van der Waals surface area contributed by atoms with E-state index in [1.54, 1.807) is 4.68 Å². The number of nitrogens with zero attached hydrogens (tertiary/aromatic N) is 2. The van der Waals surface area contributed by atoms with E-state index < -0.39 is 0 Å². The van der Waals surface area contributed by atoms with Crippen LogP contribution in [0.15, 0.2) is 0 Å². The van der Waals surface area contributed by atoms with Crippen molar-refractivity contribution in [2.75, 3.05) is 0 Å². The van der Waals surface area contributed by atoms with Crippen molar-refractivity contribution in [2.24, 2.45) is 7.05 Å². The van der Waals surface area contributed by atoms with E-state index in [4.69, 9.17) is 11.6 Å². The summed E-state index contributed by atoms with van der Waals surface area (Å²) in [4.78, 5) is 0. The molecule has 2 N–H and O–H groups in total. The number of aliphatic hydroxyl groups excluding tert-OH is 1. The van der Waals surface area contributed by atoms with Crippen LogP contribution >= 0.6 is 11.6 Å². The minimum atomic E-state index is -0.223. The molecule has 2 atom stereocenters. The van der Waals surface area contributed by atoms with Gasteiger partial charge in [0.1, 0.15) is 5.15 Å². The molecule has 96 valence electrons. The Bertz CT molecular complexity index is 391. The van der Waals surface area contributed by atoms with E-state index in [1.165, 1.54) is 6.42 Å². The quantitative estimate of drug-likeness (QED) is 0.868. The summed E-state index contributed by atoms with van der Waals surface area (Å²) in [6.45, 7) is 2.64. The predicted molar refractivity (Wildman–Crippen MR) is 68.1 cm³/mol. The number of hydrogen-bond acceptors (Lipinski definition) is 3. The molecule has 1 aliphatic rings. The van der Waals surface area contributed by atoms with Gasteiger partial charge in [0, 0.05) is 25.2 Å². The van der Waals surface area contributed by atoms with Crippen LogP contribution in [-0.4, -0.2) is 27.0 Å². The van der Waals surface area contributed by atoms with E-state index in [0.717, 1.165) is 30.5 Å². The van der Waals surface area contributed by atoms with Gasteiger partial charge in [0.25, 0.3) is 0 Å². The molecule has 1 aromatic heterocycles. The zero-order valence-electron chi connectivity index (χ0n) is 10.4. The van der Waals surface area contributed by atoms with Crippen LogP contribution in [0, 0.1) is 6.92 Å². The standard InChI is InChI=1S/C12H20ClN3O/c1-8-9(12(13)16(2)15-8)7-14-10-5-3-4-6-11(10)17/h10-11,14,17H,3-7H2,1-2H3. The van der Waals surface area contributed by atoms with Crippen LogP contribution in [0.4, 0.5) is 0 Å². The van der Waals surface area contributed by atoms with E-state index in [0.29, 0.717) is 11.7 Å². The van der Waals surface area contributed by atoms with Gasteiger partial charge < -0.3 is 10.4 Å². The first-order valence-corrected chi connectivity index (χ1v) is 6.57. The molecular weight excluding hydrogens is 238 g/mol. The summed E-state index contributed by atoms with van der Waals surface area (Å²) in [6, 6.07) is 0.194. The average molecular weight is 258 g/mol. The summed E-state index contributed by atoms with van der Waals surface area (Å²) in [6.07, 6.45) is 4.04. The van der Waals surface area contributed by atoms with Crippen LogP contribution in [-0.2, 0) is 13.6 Å². The van der Waals surface area contributed by atoms with Crippen LogP contribution in [0.1, 0.15) is 36.9 Å². The third kappa shape index (κ3) is 2.81. The molecule has 4 nitrogen and oxygen atoms in total. The van der Waals surface area contributed by atoms with E-state index in [1.807, 2.05) is 14.0 Å². The molecule has 0 spiro atoms. The number of halogens is 1. The molecule has 0 radical (unpaired) electrons. The molecule has 1 fully saturated rings. The number of nitrogens with one attached hydrogen (secondary N) is 1. The maximum atomic E-state index is 9.87. The second kappa shape index (κ2) is 5.38. The lowest BCUT2D eigenvalue weighted by molar-refractivity contribution is 0.0902. The molecule has 0 aliphatic heterocycles. The molecular formula is C12H20ClN3O. The highest BCUT2D eigenvalue weighted by atomic mass is 35.5. The Morgan fingerprint density at radius 2 is 2.18 bits per heavy atom. The van der Waals surface area contributed by atoms with Crippen LogP contribution in [0.3, 0.4) is 0 Å². The highest BCUT2D eigenvalue weighted by molar-refractivity contribution is 6.30. The Morgan fingerprint density at radius 1 is 1.47 bits per heavy atom. The summed E-state index contributed by atoms with van der Waals surface area (Å²) in [7, 11) is 1.84. The van der Waals surface area contributed by atoms with Gasteiger partial charge >= 0.3 is 0 Å². The molecule has 5 heteroatoms. The molecule has 0 bridgehead atoms. The van der Waals surface area contributed by atoms with E-state index in [2.05, 4.69) is 10.4 Å². The van der Waals surface area contributed by atoms with Gasteiger partial charge in [-0.1, -0.05) is 24.4 Å². The van der Waals surface area contributed by atoms with Gasteiger partial charge in [-0.15, -0.1) is 0 Å². The molecule has 0 saturated heterocycles. The van der Waals surface area contributed by atoms with E-state index in [9.17, 15) is 5.11 Å². The first-order chi connectivity index (χ1) is 8.09. The molecule has 1 saturated carbocycles. The monoisotopic (exact) mass is 257 g/mol. The predicted octanol–water partition coefficient (Wildman–Crippen LogP) is 1.78. The first-order valence-electron chi connectivity index (χ1n) is 6.19. The van der Waals surface area contributed by atoms with Crippen molar-refractivity contribution in [3.8, 4) is 0 Å². The van der Waals surface area contributed by atoms with E-state index in [-0.39, 0.29) is 12.1 Å². The first kappa shape index (κ1) is 12.9. The SMILES string of the molecule is Cc1nn(C)c(Cl)c1CNC1CCCCC1O. The Kier molecular flexibility index (Phi) is 4.07. The van der Waals surface area contributed by atoms with Crippen LogP contribution in [0.5, 0.6) is 0 Å². The van der Waals surface area contributed by atoms with Crippen LogP contribution in [0.2, 0.25) is 5.15 Å². The lowest BCUT2D eigenvalue weighted by atomic mass is 9.92. The summed E-state index contributed by atoms with van der Waals surface area (Å²) < 4.78 is 1.69. The van der Waals surface area contributed by atoms with Crippen molar-refractivity contribution >= 4 is 11.6 Å². The Hall–Kier alpha value is -0.580. The number of aryl methyl sites for hydroxylation is 2. The fourth-order valence-electron chi connectivity index (χ4n) is 2.46. The molecule has 1 heterocycles. The van der Waals surface area contributed by atoms with Gasteiger partial charge in [-0.3, -0.25) is 4.68 Å². The Morgan fingerprint density at radius 3 is 2.76 bits per heavy atom. The Labute approximate surface area is 107 Å². The minimum absolute atomic E-state index is 0.194.